The highest BCUT2D eigenvalue weighted by Gasteiger charge is 2.24. The van der Waals surface area contributed by atoms with Gasteiger partial charge >= 0.3 is 6.03 Å². The van der Waals surface area contributed by atoms with Gasteiger partial charge in [-0.05, 0) is 37.1 Å². The fourth-order valence-electron chi connectivity index (χ4n) is 4.01. The molecule has 2 heterocycles. The molecule has 0 bridgehead atoms. The van der Waals surface area contributed by atoms with Crippen LogP contribution in [0, 0.1) is 0 Å². The van der Waals surface area contributed by atoms with E-state index in [1.165, 1.54) is 12.8 Å². The Labute approximate surface area is 154 Å². The van der Waals surface area contributed by atoms with Crippen LogP contribution >= 0.6 is 0 Å². The number of amides is 2. The van der Waals surface area contributed by atoms with Gasteiger partial charge in [0, 0.05) is 37.7 Å². The third kappa shape index (κ3) is 4.17. The number of fused-ring (bicyclic) bond motifs is 1. The summed E-state index contributed by atoms with van der Waals surface area (Å²) in [6.07, 6.45) is 4.78. The summed E-state index contributed by atoms with van der Waals surface area (Å²) >= 11 is 0. The number of urea groups is 1. The smallest absolute Gasteiger partial charge is 0.319 e. The third-order valence-electron chi connectivity index (χ3n) is 5.45. The molecule has 5 heteroatoms. The molecule has 2 aliphatic rings. The quantitative estimate of drug-likeness (QED) is 0.883. The normalized spacial score (nSPS) is 21.8. The van der Waals surface area contributed by atoms with Crippen molar-refractivity contribution in [2.24, 2.45) is 0 Å². The molecular formula is C21H27N3O2. The number of carbonyl (C=O) groups is 1. The van der Waals surface area contributed by atoms with E-state index in [0.29, 0.717) is 6.10 Å². The first-order valence-electron chi connectivity index (χ1n) is 9.67. The molecule has 0 saturated carbocycles. The maximum absolute atomic E-state index is 12.4. The molecule has 0 radical (unpaired) electrons. The number of hydrogen-bond acceptors (Lipinski definition) is 3. The van der Waals surface area contributed by atoms with E-state index in [9.17, 15) is 4.79 Å². The number of anilines is 1. The van der Waals surface area contributed by atoms with Gasteiger partial charge in [0.15, 0.2) is 0 Å². The Hall–Kier alpha value is -2.11. The van der Waals surface area contributed by atoms with Crippen LogP contribution < -0.4 is 10.6 Å². The molecule has 2 N–H and O–H groups in total. The summed E-state index contributed by atoms with van der Waals surface area (Å²) in [5.41, 5.74) is 0.858. The molecule has 4 rings (SSSR count). The first-order valence-corrected chi connectivity index (χ1v) is 9.67. The minimum atomic E-state index is -0.112. The SMILES string of the molecule is O=C(Nc1cccc2ccccc12)NC1CCN(C[C@@H]2CCCO2)CC1. The monoisotopic (exact) mass is 353 g/mol. The first-order chi connectivity index (χ1) is 12.8. The van der Waals surface area contributed by atoms with Crippen LogP contribution in [0.5, 0.6) is 0 Å². The molecule has 5 nitrogen and oxygen atoms in total. The number of carbonyl (C=O) groups excluding carboxylic acids is 1. The summed E-state index contributed by atoms with van der Waals surface area (Å²) < 4.78 is 5.73. The highest BCUT2D eigenvalue weighted by molar-refractivity contribution is 6.01. The molecule has 2 aromatic carbocycles. The lowest BCUT2D eigenvalue weighted by atomic mass is 10.0. The maximum Gasteiger partial charge on any atom is 0.319 e. The fourth-order valence-corrected chi connectivity index (χ4v) is 4.01. The van der Waals surface area contributed by atoms with Gasteiger partial charge in [-0.15, -0.1) is 0 Å². The number of likely N-dealkylation sites (tertiary alicyclic amines) is 1. The van der Waals surface area contributed by atoms with Crippen LogP contribution in [0.3, 0.4) is 0 Å². The highest BCUT2D eigenvalue weighted by Crippen LogP contribution is 2.23. The van der Waals surface area contributed by atoms with Gasteiger partial charge in [-0.1, -0.05) is 36.4 Å². The molecule has 2 saturated heterocycles. The summed E-state index contributed by atoms with van der Waals surface area (Å²) in [6, 6.07) is 14.2. The standard InChI is InChI=1S/C21H27N3O2/c25-21(23-20-9-3-6-16-5-1-2-8-19(16)20)22-17-10-12-24(13-11-17)15-18-7-4-14-26-18/h1-3,5-6,8-9,17-18H,4,7,10-15H2,(H2,22,23,25)/t18-/m0/s1. The number of benzene rings is 2. The Morgan fingerprint density at radius 3 is 2.69 bits per heavy atom. The van der Waals surface area contributed by atoms with Crippen molar-refractivity contribution in [1.29, 1.82) is 0 Å². The van der Waals surface area contributed by atoms with Crippen LogP contribution in [0.4, 0.5) is 10.5 Å². The van der Waals surface area contributed by atoms with Crippen LogP contribution in [0.15, 0.2) is 42.5 Å². The van der Waals surface area contributed by atoms with E-state index in [4.69, 9.17) is 4.74 Å². The molecule has 0 spiro atoms. The van der Waals surface area contributed by atoms with Crippen LogP contribution in [-0.4, -0.2) is 49.3 Å². The second kappa shape index (κ2) is 8.06. The number of piperidine rings is 1. The van der Waals surface area contributed by atoms with Crippen LogP contribution in [0.25, 0.3) is 10.8 Å². The van der Waals surface area contributed by atoms with Gasteiger partial charge < -0.3 is 20.3 Å². The predicted molar refractivity (Wildman–Crippen MR) is 105 cm³/mol. The van der Waals surface area contributed by atoms with E-state index in [0.717, 1.165) is 55.5 Å². The zero-order valence-electron chi connectivity index (χ0n) is 15.1. The van der Waals surface area contributed by atoms with Crippen molar-refractivity contribution in [3.05, 3.63) is 42.5 Å². The van der Waals surface area contributed by atoms with Crippen molar-refractivity contribution in [3.63, 3.8) is 0 Å². The van der Waals surface area contributed by atoms with E-state index in [2.05, 4.69) is 27.7 Å². The van der Waals surface area contributed by atoms with Crippen molar-refractivity contribution in [2.45, 2.75) is 37.8 Å². The number of hydrogen-bond donors (Lipinski definition) is 2. The van der Waals surface area contributed by atoms with Crippen molar-refractivity contribution in [2.75, 3.05) is 31.6 Å². The maximum atomic E-state index is 12.4. The summed E-state index contributed by atoms with van der Waals surface area (Å²) in [5.74, 6) is 0. The topological polar surface area (TPSA) is 53.6 Å². The van der Waals surface area contributed by atoms with E-state index < -0.39 is 0 Å². The Morgan fingerprint density at radius 1 is 1.08 bits per heavy atom. The van der Waals surface area contributed by atoms with Crippen LogP contribution in [0.2, 0.25) is 0 Å². The summed E-state index contributed by atoms with van der Waals surface area (Å²) in [5, 5.41) is 8.36. The lowest BCUT2D eigenvalue weighted by molar-refractivity contribution is 0.0633. The molecule has 26 heavy (non-hydrogen) atoms. The molecule has 2 aromatic rings. The second-order valence-electron chi connectivity index (χ2n) is 7.34. The van der Waals surface area contributed by atoms with E-state index >= 15 is 0 Å². The molecule has 2 aliphatic heterocycles. The van der Waals surface area contributed by atoms with Crippen molar-refractivity contribution >= 4 is 22.5 Å². The Balaban J connectivity index is 1.27. The fraction of sp³-hybridized carbons (Fsp3) is 0.476. The Bertz CT molecular complexity index is 745. The Kier molecular flexibility index (Phi) is 5.37. The Morgan fingerprint density at radius 2 is 1.88 bits per heavy atom. The van der Waals surface area contributed by atoms with Gasteiger partial charge in [0.05, 0.1) is 11.8 Å². The first kappa shape index (κ1) is 17.3. The predicted octanol–water partition coefficient (Wildman–Crippen LogP) is 3.60. The molecular weight excluding hydrogens is 326 g/mol. The summed E-state index contributed by atoms with van der Waals surface area (Å²) in [7, 11) is 0. The van der Waals surface area contributed by atoms with Crippen molar-refractivity contribution in [1.82, 2.24) is 10.2 Å². The zero-order chi connectivity index (χ0) is 17.8. The average molecular weight is 353 g/mol. The second-order valence-corrected chi connectivity index (χ2v) is 7.34. The molecule has 2 fully saturated rings. The van der Waals surface area contributed by atoms with Crippen molar-refractivity contribution < 1.29 is 9.53 Å². The summed E-state index contributed by atoms with van der Waals surface area (Å²) in [4.78, 5) is 14.9. The van der Waals surface area contributed by atoms with Gasteiger partial charge in [0.25, 0.3) is 0 Å². The minimum absolute atomic E-state index is 0.112. The van der Waals surface area contributed by atoms with E-state index in [1.807, 2.05) is 30.3 Å². The van der Waals surface area contributed by atoms with Gasteiger partial charge in [0.1, 0.15) is 0 Å². The van der Waals surface area contributed by atoms with Gasteiger partial charge in [-0.2, -0.15) is 0 Å². The van der Waals surface area contributed by atoms with Crippen LogP contribution in [-0.2, 0) is 4.74 Å². The van der Waals surface area contributed by atoms with Crippen LogP contribution in [0.1, 0.15) is 25.7 Å². The summed E-state index contributed by atoms with van der Waals surface area (Å²) in [6.45, 7) is 4.00. The van der Waals surface area contributed by atoms with E-state index in [1.54, 1.807) is 0 Å². The zero-order valence-corrected chi connectivity index (χ0v) is 15.1. The van der Waals surface area contributed by atoms with Gasteiger partial charge in [-0.3, -0.25) is 0 Å². The molecule has 0 aromatic heterocycles. The number of ether oxygens (including phenoxy) is 1. The van der Waals surface area contributed by atoms with E-state index in [-0.39, 0.29) is 12.1 Å². The van der Waals surface area contributed by atoms with Gasteiger partial charge in [0.2, 0.25) is 0 Å². The van der Waals surface area contributed by atoms with Gasteiger partial charge in [-0.25, -0.2) is 4.79 Å². The number of nitrogens with zero attached hydrogens (tertiary/aromatic N) is 1. The van der Waals surface area contributed by atoms with Crippen molar-refractivity contribution in [3.8, 4) is 0 Å². The molecule has 2 amide bonds. The number of rotatable bonds is 4. The lowest BCUT2D eigenvalue weighted by Gasteiger charge is -2.33. The minimum Gasteiger partial charge on any atom is -0.377 e. The molecule has 138 valence electrons. The average Bonchev–Trinajstić information content (AvgIpc) is 3.17. The lowest BCUT2D eigenvalue weighted by Crippen LogP contribution is -2.47. The molecule has 1 atom stereocenters. The molecule has 0 aliphatic carbocycles. The molecule has 0 unspecified atom stereocenters. The number of nitrogens with one attached hydrogen (secondary N) is 2. The third-order valence-corrected chi connectivity index (χ3v) is 5.45. The largest absolute Gasteiger partial charge is 0.377 e. The highest BCUT2D eigenvalue weighted by atomic mass is 16.5.